The first kappa shape index (κ1) is 18.6. The summed E-state index contributed by atoms with van der Waals surface area (Å²) in [5.74, 6) is -0.258. The van der Waals surface area contributed by atoms with Crippen molar-refractivity contribution >= 4 is 34.3 Å². The molecule has 0 aliphatic carbocycles. The van der Waals surface area contributed by atoms with Gasteiger partial charge in [-0.05, 0) is 48.1 Å². The smallest absolute Gasteiger partial charge is 0.253 e. The van der Waals surface area contributed by atoms with Crippen molar-refractivity contribution < 1.29 is 9.59 Å². The minimum absolute atomic E-state index is 0.0277. The Labute approximate surface area is 168 Å². The van der Waals surface area contributed by atoms with Gasteiger partial charge in [0.2, 0.25) is 5.91 Å². The number of likely N-dealkylation sites (tertiary alicyclic amines) is 1. The Morgan fingerprint density at radius 2 is 2.04 bits per heavy atom. The molecule has 3 aromatic rings. The molecule has 0 radical (unpaired) electrons. The molecule has 0 unspecified atom stereocenters. The van der Waals surface area contributed by atoms with Crippen LogP contribution < -0.4 is 5.32 Å². The molecule has 4 rings (SSSR count). The van der Waals surface area contributed by atoms with Gasteiger partial charge in [-0.25, -0.2) is 0 Å². The van der Waals surface area contributed by atoms with Crippen LogP contribution in [0, 0.1) is 5.92 Å². The van der Waals surface area contributed by atoms with Crippen LogP contribution in [0.1, 0.15) is 28.8 Å². The van der Waals surface area contributed by atoms with Crippen molar-refractivity contribution in [2.24, 2.45) is 5.92 Å². The maximum absolute atomic E-state index is 12.9. The lowest BCUT2D eigenvalue weighted by molar-refractivity contribution is -0.126. The van der Waals surface area contributed by atoms with Gasteiger partial charge in [0.15, 0.2) is 0 Å². The Bertz CT molecular complexity index is 1010. The summed E-state index contributed by atoms with van der Waals surface area (Å²) in [6.45, 7) is 1.51. The summed E-state index contributed by atoms with van der Waals surface area (Å²) in [5, 5.41) is 4.68. The van der Waals surface area contributed by atoms with Crippen LogP contribution in [0.15, 0.2) is 54.7 Å². The number of fused-ring (bicyclic) bond motifs is 1. The molecule has 1 aliphatic heterocycles. The first-order valence-corrected chi connectivity index (χ1v) is 9.87. The second-order valence-corrected chi connectivity index (χ2v) is 7.59. The van der Waals surface area contributed by atoms with Gasteiger partial charge < -0.3 is 15.2 Å². The molecule has 6 heteroatoms. The largest absolute Gasteiger partial charge is 0.361 e. The van der Waals surface area contributed by atoms with Crippen molar-refractivity contribution in [3.63, 3.8) is 0 Å². The SMILES string of the molecule is O=C(NCc1ccccc1Cl)[C@H]1CCCN(C(=O)c2ccc3cc[nH]c3c2)C1. The first-order chi connectivity index (χ1) is 13.6. The summed E-state index contributed by atoms with van der Waals surface area (Å²) < 4.78 is 0. The Balaban J connectivity index is 1.39. The van der Waals surface area contributed by atoms with E-state index in [1.165, 1.54) is 0 Å². The van der Waals surface area contributed by atoms with E-state index in [4.69, 9.17) is 11.6 Å². The van der Waals surface area contributed by atoms with E-state index in [-0.39, 0.29) is 17.7 Å². The summed E-state index contributed by atoms with van der Waals surface area (Å²) in [6.07, 6.45) is 3.47. The monoisotopic (exact) mass is 395 g/mol. The van der Waals surface area contributed by atoms with Gasteiger partial charge in [0, 0.05) is 41.9 Å². The molecule has 2 N–H and O–H groups in total. The van der Waals surface area contributed by atoms with Crippen molar-refractivity contribution in [2.45, 2.75) is 19.4 Å². The molecule has 144 valence electrons. The van der Waals surface area contributed by atoms with Gasteiger partial charge in [-0.15, -0.1) is 0 Å². The van der Waals surface area contributed by atoms with E-state index in [9.17, 15) is 9.59 Å². The highest BCUT2D eigenvalue weighted by Gasteiger charge is 2.29. The molecular weight excluding hydrogens is 374 g/mol. The van der Waals surface area contributed by atoms with Crippen LogP contribution in [0.4, 0.5) is 0 Å². The fourth-order valence-corrected chi connectivity index (χ4v) is 3.91. The van der Waals surface area contributed by atoms with Crippen molar-refractivity contribution in [2.75, 3.05) is 13.1 Å². The fourth-order valence-electron chi connectivity index (χ4n) is 3.71. The Kier molecular flexibility index (Phi) is 5.35. The highest BCUT2D eigenvalue weighted by atomic mass is 35.5. The predicted octanol–water partition coefficient (Wildman–Crippen LogP) is 3.99. The quantitative estimate of drug-likeness (QED) is 0.701. The number of amides is 2. The van der Waals surface area contributed by atoms with E-state index in [1.54, 1.807) is 4.90 Å². The normalized spacial score (nSPS) is 16.9. The zero-order chi connectivity index (χ0) is 19.5. The molecule has 1 aromatic heterocycles. The van der Waals surface area contributed by atoms with Gasteiger partial charge in [-0.3, -0.25) is 9.59 Å². The van der Waals surface area contributed by atoms with Crippen LogP contribution in [-0.2, 0) is 11.3 Å². The lowest BCUT2D eigenvalue weighted by atomic mass is 9.96. The number of carbonyl (C=O) groups excluding carboxylic acids is 2. The molecular formula is C22H22ClN3O2. The number of nitrogens with one attached hydrogen (secondary N) is 2. The van der Waals surface area contributed by atoms with Crippen LogP contribution in [0.2, 0.25) is 5.02 Å². The van der Waals surface area contributed by atoms with Crippen molar-refractivity contribution in [3.8, 4) is 0 Å². The van der Waals surface area contributed by atoms with Crippen molar-refractivity contribution in [1.29, 1.82) is 0 Å². The minimum Gasteiger partial charge on any atom is -0.361 e. The minimum atomic E-state index is -0.200. The van der Waals surface area contributed by atoms with Crippen LogP contribution in [0.25, 0.3) is 10.9 Å². The number of benzene rings is 2. The van der Waals surface area contributed by atoms with Crippen molar-refractivity contribution in [3.05, 3.63) is 70.9 Å². The number of H-pyrrole nitrogens is 1. The molecule has 1 atom stereocenters. The lowest BCUT2D eigenvalue weighted by Crippen LogP contribution is -2.45. The molecule has 2 aromatic carbocycles. The third-order valence-corrected chi connectivity index (χ3v) is 5.66. The van der Waals surface area contributed by atoms with Gasteiger partial charge in [0.1, 0.15) is 0 Å². The number of piperidine rings is 1. The van der Waals surface area contributed by atoms with E-state index >= 15 is 0 Å². The Morgan fingerprint density at radius 1 is 1.18 bits per heavy atom. The first-order valence-electron chi connectivity index (χ1n) is 9.49. The summed E-state index contributed by atoms with van der Waals surface area (Å²) in [7, 11) is 0. The molecule has 28 heavy (non-hydrogen) atoms. The van der Waals surface area contributed by atoms with Gasteiger partial charge in [-0.1, -0.05) is 35.9 Å². The fraction of sp³-hybridized carbons (Fsp3) is 0.273. The zero-order valence-corrected chi connectivity index (χ0v) is 16.2. The molecule has 0 spiro atoms. The molecule has 2 heterocycles. The topological polar surface area (TPSA) is 65.2 Å². The van der Waals surface area contributed by atoms with E-state index < -0.39 is 0 Å². The van der Waals surface area contributed by atoms with Crippen LogP contribution in [0.3, 0.4) is 0 Å². The number of aromatic nitrogens is 1. The Morgan fingerprint density at radius 3 is 2.89 bits per heavy atom. The van der Waals surface area contributed by atoms with E-state index in [0.29, 0.717) is 30.2 Å². The van der Waals surface area contributed by atoms with Gasteiger partial charge >= 0.3 is 0 Å². The van der Waals surface area contributed by atoms with Gasteiger partial charge in [-0.2, -0.15) is 0 Å². The van der Waals surface area contributed by atoms with Crippen LogP contribution >= 0.6 is 11.6 Å². The third-order valence-electron chi connectivity index (χ3n) is 5.29. The second kappa shape index (κ2) is 8.07. The number of aromatic amines is 1. The number of carbonyl (C=O) groups is 2. The predicted molar refractivity (Wildman–Crippen MR) is 110 cm³/mol. The molecule has 0 saturated carbocycles. The van der Waals surface area contributed by atoms with Crippen LogP contribution in [-0.4, -0.2) is 34.8 Å². The summed E-state index contributed by atoms with van der Waals surface area (Å²) >= 11 is 6.15. The van der Waals surface area contributed by atoms with E-state index in [1.807, 2.05) is 54.7 Å². The molecule has 1 aliphatic rings. The molecule has 2 amide bonds. The zero-order valence-electron chi connectivity index (χ0n) is 15.5. The van der Waals surface area contributed by atoms with Gasteiger partial charge in [0.25, 0.3) is 5.91 Å². The lowest BCUT2D eigenvalue weighted by Gasteiger charge is -2.32. The molecule has 5 nitrogen and oxygen atoms in total. The van der Waals surface area contributed by atoms with E-state index in [2.05, 4.69) is 10.3 Å². The average molecular weight is 396 g/mol. The number of hydrogen-bond acceptors (Lipinski definition) is 2. The third kappa shape index (κ3) is 3.90. The second-order valence-electron chi connectivity index (χ2n) is 7.18. The summed E-state index contributed by atoms with van der Waals surface area (Å²) in [6, 6.07) is 15.1. The molecule has 1 saturated heterocycles. The standard InChI is InChI=1S/C22H22ClN3O2/c23-19-6-2-1-4-17(19)13-25-21(27)18-5-3-11-26(14-18)22(28)16-8-7-15-9-10-24-20(15)12-16/h1-2,4,6-10,12,18,24H,3,5,11,13-14H2,(H,25,27)/t18-/m0/s1. The maximum atomic E-state index is 12.9. The van der Waals surface area contributed by atoms with E-state index in [0.717, 1.165) is 29.3 Å². The molecule has 1 fully saturated rings. The van der Waals surface area contributed by atoms with Gasteiger partial charge in [0.05, 0.1) is 5.92 Å². The highest BCUT2D eigenvalue weighted by Crippen LogP contribution is 2.21. The summed E-state index contributed by atoms with van der Waals surface area (Å²) in [4.78, 5) is 30.5. The van der Waals surface area contributed by atoms with Crippen molar-refractivity contribution in [1.82, 2.24) is 15.2 Å². The summed E-state index contributed by atoms with van der Waals surface area (Å²) in [5.41, 5.74) is 2.48. The van der Waals surface area contributed by atoms with Crippen LogP contribution in [0.5, 0.6) is 0 Å². The highest BCUT2D eigenvalue weighted by molar-refractivity contribution is 6.31. The average Bonchev–Trinajstić information content (AvgIpc) is 3.20. The maximum Gasteiger partial charge on any atom is 0.253 e. The number of hydrogen-bond donors (Lipinski definition) is 2. The number of rotatable bonds is 4. The Hall–Kier alpha value is -2.79. The number of nitrogens with zero attached hydrogens (tertiary/aromatic N) is 1. The number of halogens is 1. The molecule has 0 bridgehead atoms.